The molecule has 0 bridgehead atoms. The van der Waals surface area contributed by atoms with Crippen LogP contribution in [0.2, 0.25) is 23.2 Å². The number of nitrogens with one attached hydrogen (secondary N) is 2. The summed E-state index contributed by atoms with van der Waals surface area (Å²) in [5.74, 6) is -0.0617. The molecule has 1 fully saturated rings. The summed E-state index contributed by atoms with van der Waals surface area (Å²) < 4.78 is 29.3. The first kappa shape index (κ1) is 53.2. The zero-order valence-electron chi connectivity index (χ0n) is 42.0. The Bertz CT molecular complexity index is 2480. The number of anilines is 1. The van der Waals surface area contributed by atoms with Crippen LogP contribution in [0.4, 0.5) is 15.3 Å². The predicted octanol–water partition coefficient (Wildman–Crippen LogP) is 10.2. The number of ether oxygens (including phenoxy) is 4. The number of carbonyl (C=O) groups excluding carboxylic acids is 4. The van der Waals surface area contributed by atoms with Crippen molar-refractivity contribution in [1.82, 2.24) is 30.1 Å². The lowest BCUT2D eigenvalue weighted by Gasteiger charge is -2.37. The number of methoxy groups -OCH3 is 2. The molecular weight excluding hydrogens is 906 g/mol. The summed E-state index contributed by atoms with van der Waals surface area (Å²) in [5.41, 5.74) is 3.30. The molecule has 1 atom stereocenters. The van der Waals surface area contributed by atoms with E-state index in [4.69, 9.17) is 40.0 Å². The Morgan fingerprint density at radius 1 is 0.824 bits per heavy atom. The topological polar surface area (TPSA) is 184 Å². The van der Waals surface area contributed by atoms with Gasteiger partial charge in [-0.1, -0.05) is 44.5 Å². The maximum absolute atomic E-state index is 13.8. The minimum Gasteiger partial charge on any atom is -0.481 e. The van der Waals surface area contributed by atoms with Gasteiger partial charge in [0.05, 0.1) is 50.3 Å². The maximum Gasteiger partial charge on any atom is 0.410 e. The van der Waals surface area contributed by atoms with Crippen molar-refractivity contribution in [2.24, 2.45) is 0 Å². The summed E-state index contributed by atoms with van der Waals surface area (Å²) in [5, 5.41) is 6.23. The highest BCUT2D eigenvalue weighted by Crippen LogP contribution is 2.39. The second kappa shape index (κ2) is 21.7. The van der Waals surface area contributed by atoms with Crippen LogP contribution in [0.15, 0.2) is 54.7 Å². The number of amides is 4. The van der Waals surface area contributed by atoms with Crippen LogP contribution in [0.3, 0.4) is 0 Å². The Morgan fingerprint density at radius 3 is 2.01 bits per heavy atom. The van der Waals surface area contributed by atoms with Gasteiger partial charge in [0.2, 0.25) is 17.7 Å². The van der Waals surface area contributed by atoms with E-state index in [0.29, 0.717) is 69.4 Å². The molecular formula is C50H68ClN7O9Si. The number of rotatable bonds is 16. The smallest absolute Gasteiger partial charge is 0.410 e. The average Bonchev–Trinajstić information content (AvgIpc) is 3.66. The molecule has 0 unspecified atom stereocenters. The molecule has 4 aromatic rings. The molecule has 1 saturated heterocycles. The Hall–Kier alpha value is -5.78. The van der Waals surface area contributed by atoms with Gasteiger partial charge >= 0.3 is 12.2 Å². The van der Waals surface area contributed by atoms with Crippen molar-refractivity contribution in [1.29, 1.82) is 0 Å². The Labute approximate surface area is 406 Å². The summed E-state index contributed by atoms with van der Waals surface area (Å²) in [7, 11) is 0.883. The van der Waals surface area contributed by atoms with E-state index in [9.17, 15) is 19.2 Å². The van der Waals surface area contributed by atoms with E-state index >= 15 is 0 Å². The van der Waals surface area contributed by atoms with Gasteiger partial charge < -0.3 is 43.8 Å². The lowest BCUT2D eigenvalue weighted by Crippen LogP contribution is -2.44. The molecule has 5 rings (SSSR count). The van der Waals surface area contributed by atoms with E-state index < -0.39 is 37.6 Å². The first-order valence-electron chi connectivity index (χ1n) is 22.7. The summed E-state index contributed by atoms with van der Waals surface area (Å²) in [6.45, 7) is 24.6. The van der Waals surface area contributed by atoms with Gasteiger partial charge in [-0.25, -0.2) is 19.6 Å². The van der Waals surface area contributed by atoms with Gasteiger partial charge in [-0.2, -0.15) is 0 Å². The van der Waals surface area contributed by atoms with Crippen molar-refractivity contribution in [3.8, 4) is 34.3 Å². The minimum absolute atomic E-state index is 0.000292. The van der Waals surface area contributed by atoms with Gasteiger partial charge in [0.25, 0.3) is 5.91 Å². The molecule has 1 aromatic carbocycles. The number of aromatic nitrogens is 3. The van der Waals surface area contributed by atoms with Gasteiger partial charge in [-0.15, -0.1) is 0 Å². The fourth-order valence-electron chi connectivity index (χ4n) is 7.06. The van der Waals surface area contributed by atoms with Crippen LogP contribution in [-0.4, -0.2) is 108 Å². The van der Waals surface area contributed by atoms with Crippen LogP contribution in [0.25, 0.3) is 22.5 Å². The fourth-order valence-corrected chi connectivity index (χ4v) is 8.41. The normalized spacial score (nSPS) is 14.2. The third-order valence-corrected chi connectivity index (χ3v) is 16.6. The highest BCUT2D eigenvalue weighted by molar-refractivity contribution is 6.74. The Kier molecular flexibility index (Phi) is 16.9. The van der Waals surface area contributed by atoms with E-state index in [1.807, 2.05) is 39.8 Å². The molecule has 0 aliphatic carbocycles. The molecule has 2 N–H and O–H groups in total. The molecule has 1 aliphatic heterocycles. The lowest BCUT2D eigenvalue weighted by atomic mass is 10.0. The third-order valence-electron chi connectivity index (χ3n) is 11.7. The summed E-state index contributed by atoms with van der Waals surface area (Å²) in [6, 6.07) is 13.9. The maximum atomic E-state index is 13.8. The van der Waals surface area contributed by atoms with E-state index in [-0.39, 0.29) is 60.6 Å². The summed E-state index contributed by atoms with van der Waals surface area (Å²) >= 11 is 7.14. The van der Waals surface area contributed by atoms with Gasteiger partial charge in [0, 0.05) is 59.7 Å². The van der Waals surface area contributed by atoms with Crippen molar-refractivity contribution < 1.29 is 42.6 Å². The van der Waals surface area contributed by atoms with E-state index in [1.54, 1.807) is 73.2 Å². The molecule has 4 heterocycles. The molecule has 0 spiro atoms. The van der Waals surface area contributed by atoms with E-state index in [1.165, 1.54) is 14.2 Å². The molecule has 368 valence electrons. The SMILES string of the molecule is COc1nc(C(=O)Nc2cccc(-c3nccc(-c4ccc(CN(C[C@@H]5CCC(=O)N5)C(=O)OC(C)(C)C)c(OC)n4)c3Cl)c2C)ccc1CN(CCO[Si](C)(C)C(C)(C)C)C(=O)OC(C)(C)C. The highest BCUT2D eigenvalue weighted by Gasteiger charge is 2.37. The zero-order chi connectivity index (χ0) is 50.4. The minimum atomic E-state index is -2.08. The number of benzene rings is 1. The van der Waals surface area contributed by atoms with Crippen LogP contribution >= 0.6 is 11.6 Å². The van der Waals surface area contributed by atoms with Crippen LogP contribution in [0.1, 0.15) is 102 Å². The first-order valence-corrected chi connectivity index (χ1v) is 26.0. The standard InChI is InChI=1S/C50H68ClN7O9Si/c1-31-35(42-41(51)36(24-25-52-42)38-21-18-33(44(55-38)63-11)29-58(47(62)67-49(5,6)7)30-34-20-23-40(59)53-34)16-15-17-37(31)54-43(60)39-22-19-32(45(56-39)64-12)28-57(46(61)66-48(2,3)4)26-27-65-68(13,14)50(8,9)10/h15-19,21-22,24-25,34H,20,23,26-30H2,1-14H3,(H,53,59)(H,54,60)/t34-/m0/s1. The van der Waals surface area contributed by atoms with Crippen molar-refractivity contribution in [3.63, 3.8) is 0 Å². The van der Waals surface area contributed by atoms with Crippen LogP contribution in [0, 0.1) is 6.92 Å². The largest absolute Gasteiger partial charge is 0.481 e. The number of nitrogens with zero attached hydrogens (tertiary/aromatic N) is 5. The first-order chi connectivity index (χ1) is 31.7. The van der Waals surface area contributed by atoms with E-state index in [0.717, 1.165) is 0 Å². The summed E-state index contributed by atoms with van der Waals surface area (Å²) in [4.78, 5) is 69.7. The second-order valence-corrected chi connectivity index (χ2v) is 25.5. The predicted molar refractivity (Wildman–Crippen MR) is 266 cm³/mol. The Balaban J connectivity index is 1.36. The molecule has 18 heteroatoms. The number of hydrogen-bond acceptors (Lipinski definition) is 12. The quantitative estimate of drug-likeness (QED) is 0.102. The number of halogens is 1. The van der Waals surface area contributed by atoms with Crippen molar-refractivity contribution in [3.05, 3.63) is 82.1 Å². The van der Waals surface area contributed by atoms with Crippen LogP contribution in [-0.2, 0) is 31.8 Å². The highest BCUT2D eigenvalue weighted by atomic mass is 35.5. The van der Waals surface area contributed by atoms with Crippen molar-refractivity contribution in [2.45, 2.75) is 131 Å². The molecule has 16 nitrogen and oxygen atoms in total. The third kappa shape index (κ3) is 13.9. The number of hydrogen-bond donors (Lipinski definition) is 2. The fraction of sp³-hybridized carbons (Fsp3) is 0.500. The van der Waals surface area contributed by atoms with Gasteiger partial charge in [0.1, 0.15) is 16.9 Å². The van der Waals surface area contributed by atoms with Crippen molar-refractivity contribution in [2.75, 3.05) is 39.2 Å². The van der Waals surface area contributed by atoms with Gasteiger partial charge in [-0.05, 0) is 115 Å². The molecule has 0 saturated carbocycles. The van der Waals surface area contributed by atoms with Crippen LogP contribution < -0.4 is 20.1 Å². The molecule has 0 radical (unpaired) electrons. The molecule has 4 amide bonds. The molecule has 68 heavy (non-hydrogen) atoms. The number of carbonyl (C=O) groups is 4. The lowest BCUT2D eigenvalue weighted by molar-refractivity contribution is -0.119. The molecule has 1 aliphatic rings. The zero-order valence-corrected chi connectivity index (χ0v) is 43.8. The van der Waals surface area contributed by atoms with Gasteiger partial charge in [0.15, 0.2) is 8.32 Å². The Morgan fingerprint density at radius 2 is 1.43 bits per heavy atom. The molecule has 3 aromatic heterocycles. The number of pyridine rings is 3. The average molecular weight is 975 g/mol. The monoisotopic (exact) mass is 973 g/mol. The van der Waals surface area contributed by atoms with E-state index in [2.05, 4.69) is 54.5 Å². The summed E-state index contributed by atoms with van der Waals surface area (Å²) in [6.07, 6.45) is 1.62. The second-order valence-electron chi connectivity index (χ2n) is 20.4. The van der Waals surface area contributed by atoms with Crippen molar-refractivity contribution >= 4 is 49.6 Å². The van der Waals surface area contributed by atoms with Crippen LogP contribution in [0.5, 0.6) is 11.8 Å². The van der Waals surface area contributed by atoms with Gasteiger partial charge in [-0.3, -0.25) is 14.6 Å².